The number of likely N-dealkylation sites (tertiary alicyclic amines) is 1. The van der Waals surface area contributed by atoms with Gasteiger partial charge in [0.2, 0.25) is 0 Å². The fourth-order valence-electron chi connectivity index (χ4n) is 5.98. The van der Waals surface area contributed by atoms with Crippen molar-refractivity contribution in [3.8, 4) is 0 Å². The number of pyridine rings is 1. The molecule has 0 bridgehead atoms. The van der Waals surface area contributed by atoms with Crippen molar-refractivity contribution in [2.24, 2.45) is 16.7 Å². The number of fused-ring (bicyclic) bond motifs is 1. The summed E-state index contributed by atoms with van der Waals surface area (Å²) < 4.78 is 5.49. The van der Waals surface area contributed by atoms with E-state index in [2.05, 4.69) is 23.7 Å². The molecule has 0 unspecified atom stereocenters. The number of morpholine rings is 1. The van der Waals surface area contributed by atoms with Crippen LogP contribution in [-0.4, -0.2) is 66.6 Å². The van der Waals surface area contributed by atoms with Crippen LogP contribution in [0.3, 0.4) is 0 Å². The molecule has 2 saturated heterocycles. The maximum absolute atomic E-state index is 13.2. The highest BCUT2D eigenvalue weighted by atomic mass is 16.5. The number of rotatable bonds is 3. The van der Waals surface area contributed by atoms with Gasteiger partial charge in [-0.2, -0.15) is 0 Å². The first-order valence-electron chi connectivity index (χ1n) is 10.0. The average Bonchev–Trinajstić information content (AvgIpc) is 2.89. The van der Waals surface area contributed by atoms with Crippen LogP contribution in [0.25, 0.3) is 0 Å². The third kappa shape index (κ3) is 3.13. The number of aromatic nitrogens is 1. The lowest BCUT2D eigenvalue weighted by molar-refractivity contribution is -0.0966. The molecule has 27 heavy (non-hydrogen) atoms. The van der Waals surface area contributed by atoms with Crippen molar-refractivity contribution in [1.29, 1.82) is 0 Å². The Bertz CT molecular complexity index is 809. The van der Waals surface area contributed by atoms with Crippen LogP contribution in [0.4, 0.5) is 0 Å². The van der Waals surface area contributed by atoms with E-state index in [1.165, 1.54) is 0 Å². The summed E-state index contributed by atoms with van der Waals surface area (Å²) in [7, 11) is 0. The van der Waals surface area contributed by atoms with Crippen molar-refractivity contribution in [1.82, 2.24) is 14.8 Å². The molecule has 3 fully saturated rings. The Morgan fingerprint density at radius 1 is 1.30 bits per heavy atom. The van der Waals surface area contributed by atoms with Crippen LogP contribution in [0.1, 0.15) is 41.9 Å². The first kappa shape index (κ1) is 18.7. The smallest absolute Gasteiger partial charge is 0.261 e. The number of aromatic amines is 1. The zero-order valence-electron chi connectivity index (χ0n) is 16.9. The number of hydrogen-bond acceptors (Lipinski definition) is 4. The third-order valence-electron chi connectivity index (χ3n) is 6.91. The summed E-state index contributed by atoms with van der Waals surface area (Å²) in [4.78, 5) is 32.9. The summed E-state index contributed by atoms with van der Waals surface area (Å²) in [5.41, 5.74) is 2.00. The molecule has 1 amide bonds. The Kier molecular flexibility index (Phi) is 4.47. The number of hydrogen-bond donors (Lipinski definition) is 1. The number of carbonyl (C=O) groups is 1. The third-order valence-corrected chi connectivity index (χ3v) is 6.91. The van der Waals surface area contributed by atoms with Crippen LogP contribution in [0.5, 0.6) is 0 Å². The van der Waals surface area contributed by atoms with Gasteiger partial charge in [-0.05, 0) is 43.2 Å². The molecule has 1 aromatic heterocycles. The highest BCUT2D eigenvalue weighted by molar-refractivity contribution is 5.95. The second-order valence-electron chi connectivity index (χ2n) is 9.49. The van der Waals surface area contributed by atoms with Crippen LogP contribution in [0.15, 0.2) is 10.9 Å². The molecule has 3 heterocycles. The van der Waals surface area contributed by atoms with Crippen LogP contribution >= 0.6 is 0 Å². The summed E-state index contributed by atoms with van der Waals surface area (Å²) >= 11 is 0. The largest absolute Gasteiger partial charge is 0.379 e. The predicted molar refractivity (Wildman–Crippen MR) is 104 cm³/mol. The molecule has 6 heteroatoms. The average molecular weight is 373 g/mol. The number of amides is 1. The molecule has 1 N–H and O–H groups in total. The minimum atomic E-state index is -0.266. The Morgan fingerprint density at radius 2 is 2.00 bits per heavy atom. The second kappa shape index (κ2) is 6.45. The lowest BCUT2D eigenvalue weighted by Gasteiger charge is -2.58. The van der Waals surface area contributed by atoms with Crippen molar-refractivity contribution in [2.75, 3.05) is 45.9 Å². The quantitative estimate of drug-likeness (QED) is 0.878. The van der Waals surface area contributed by atoms with E-state index in [4.69, 9.17) is 4.74 Å². The van der Waals surface area contributed by atoms with Crippen molar-refractivity contribution >= 4 is 5.91 Å². The molecule has 148 valence electrons. The molecule has 1 saturated carbocycles. The summed E-state index contributed by atoms with van der Waals surface area (Å²) in [6.45, 7) is 14.4. The van der Waals surface area contributed by atoms with Gasteiger partial charge in [0.15, 0.2) is 0 Å². The van der Waals surface area contributed by atoms with Gasteiger partial charge in [0.05, 0.1) is 13.2 Å². The molecule has 1 aromatic rings. The van der Waals surface area contributed by atoms with Gasteiger partial charge in [0.1, 0.15) is 5.56 Å². The van der Waals surface area contributed by atoms with Gasteiger partial charge in [-0.3, -0.25) is 14.5 Å². The lowest BCUT2D eigenvalue weighted by atomic mass is 9.48. The van der Waals surface area contributed by atoms with Gasteiger partial charge in [0.25, 0.3) is 11.5 Å². The van der Waals surface area contributed by atoms with E-state index >= 15 is 0 Å². The van der Waals surface area contributed by atoms with E-state index in [1.54, 1.807) is 0 Å². The molecule has 2 atom stereocenters. The topological polar surface area (TPSA) is 65.6 Å². The van der Waals surface area contributed by atoms with Gasteiger partial charge in [0, 0.05) is 43.8 Å². The molecular formula is C21H31N3O3. The molecule has 6 nitrogen and oxygen atoms in total. The molecule has 0 aromatic carbocycles. The molecule has 0 spiro atoms. The van der Waals surface area contributed by atoms with E-state index in [0.29, 0.717) is 11.5 Å². The summed E-state index contributed by atoms with van der Waals surface area (Å²) in [5.74, 6) is 0.377. The predicted octanol–water partition coefficient (Wildman–Crippen LogP) is 1.81. The molecule has 3 aliphatic rings. The second-order valence-corrected chi connectivity index (χ2v) is 9.49. The highest BCUT2D eigenvalue weighted by Crippen LogP contribution is 2.63. The number of nitrogens with one attached hydrogen (secondary N) is 1. The van der Waals surface area contributed by atoms with Crippen LogP contribution in [0.2, 0.25) is 0 Å². The van der Waals surface area contributed by atoms with Crippen molar-refractivity contribution < 1.29 is 9.53 Å². The first-order valence-corrected chi connectivity index (χ1v) is 10.0. The summed E-state index contributed by atoms with van der Waals surface area (Å²) in [6.07, 6.45) is 1.13. The van der Waals surface area contributed by atoms with E-state index in [0.717, 1.165) is 63.6 Å². The van der Waals surface area contributed by atoms with Gasteiger partial charge >= 0.3 is 0 Å². The zero-order valence-corrected chi connectivity index (χ0v) is 16.9. The van der Waals surface area contributed by atoms with Crippen LogP contribution in [-0.2, 0) is 4.74 Å². The van der Waals surface area contributed by atoms with Gasteiger partial charge in [-0.15, -0.1) is 0 Å². The summed E-state index contributed by atoms with van der Waals surface area (Å²) in [6, 6.07) is 1.88. The van der Waals surface area contributed by atoms with Gasteiger partial charge in [-0.1, -0.05) is 13.8 Å². The fourth-order valence-corrected chi connectivity index (χ4v) is 5.98. The zero-order chi connectivity index (χ0) is 19.4. The minimum absolute atomic E-state index is 0.111. The highest BCUT2D eigenvalue weighted by Gasteiger charge is 2.63. The molecule has 1 aliphatic carbocycles. The lowest BCUT2D eigenvalue weighted by Crippen LogP contribution is -2.59. The van der Waals surface area contributed by atoms with Crippen molar-refractivity contribution in [2.45, 2.75) is 34.1 Å². The van der Waals surface area contributed by atoms with Crippen molar-refractivity contribution in [3.63, 3.8) is 0 Å². The monoisotopic (exact) mass is 373 g/mol. The number of aryl methyl sites for hydroxylation is 2. The maximum Gasteiger partial charge on any atom is 0.261 e. The van der Waals surface area contributed by atoms with E-state index in [9.17, 15) is 9.59 Å². The number of H-pyrrole nitrogens is 1. The maximum atomic E-state index is 13.2. The Morgan fingerprint density at radius 3 is 2.63 bits per heavy atom. The first-order chi connectivity index (χ1) is 12.7. The number of ether oxygens (including phenoxy) is 1. The minimum Gasteiger partial charge on any atom is -0.379 e. The SMILES string of the molecule is Cc1cc(C)c(C(=O)N2C[C@@H]3C(C)(C)C[C@]3(CN3CCOCC3)C2)c(=O)[nH]1. The standard InChI is InChI=1S/C21H31N3O3/c1-14-9-15(2)22-18(25)17(14)19(26)24-10-16-20(3,4)11-21(16,13-24)12-23-5-7-27-8-6-23/h9,16H,5-8,10-13H2,1-4H3,(H,22,25)/t16-,21+/m1/s1. The van der Waals surface area contributed by atoms with Crippen molar-refractivity contribution in [3.05, 3.63) is 33.2 Å². The van der Waals surface area contributed by atoms with Crippen LogP contribution < -0.4 is 5.56 Å². The van der Waals surface area contributed by atoms with E-state index in [-0.39, 0.29) is 22.3 Å². The van der Waals surface area contributed by atoms with E-state index < -0.39 is 0 Å². The Hall–Kier alpha value is -1.66. The molecule has 4 rings (SSSR count). The Balaban J connectivity index is 1.57. The van der Waals surface area contributed by atoms with Gasteiger partial charge < -0.3 is 14.6 Å². The number of carbonyl (C=O) groups excluding carboxylic acids is 1. The molecule has 0 radical (unpaired) electrons. The van der Waals surface area contributed by atoms with Gasteiger partial charge in [-0.25, -0.2) is 0 Å². The fraction of sp³-hybridized carbons (Fsp3) is 0.714. The molecule has 2 aliphatic heterocycles. The number of nitrogens with zero attached hydrogens (tertiary/aromatic N) is 2. The van der Waals surface area contributed by atoms with E-state index in [1.807, 2.05) is 24.8 Å². The van der Waals surface area contributed by atoms with Crippen LogP contribution in [0, 0.1) is 30.6 Å². The molecular weight excluding hydrogens is 342 g/mol. The summed E-state index contributed by atoms with van der Waals surface area (Å²) in [5, 5.41) is 0. The Labute approximate surface area is 160 Å². The normalized spacial score (nSPS) is 30.1.